The van der Waals surface area contributed by atoms with Crippen LogP contribution in [0.25, 0.3) is 0 Å². The summed E-state index contributed by atoms with van der Waals surface area (Å²) < 4.78 is 57.6. The van der Waals surface area contributed by atoms with Crippen molar-refractivity contribution < 1.29 is 31.5 Å². The van der Waals surface area contributed by atoms with E-state index in [2.05, 4.69) is 10.1 Å². The molecule has 0 aliphatic rings. The van der Waals surface area contributed by atoms with Crippen LogP contribution in [0.2, 0.25) is 5.02 Å². The van der Waals surface area contributed by atoms with Crippen LogP contribution >= 0.6 is 11.6 Å². The van der Waals surface area contributed by atoms with Gasteiger partial charge in [0.05, 0.1) is 23.4 Å². The lowest BCUT2D eigenvalue weighted by atomic mass is 10.1. The minimum atomic E-state index is -3.94. The van der Waals surface area contributed by atoms with E-state index in [9.17, 15) is 26.8 Å². The number of nitrogens with zero attached hydrogens (tertiary/aromatic N) is 1. The molecular formula is C17H15ClF2N2O5S. The molecule has 1 amide bonds. The van der Waals surface area contributed by atoms with Crippen molar-refractivity contribution in [2.45, 2.75) is 4.90 Å². The van der Waals surface area contributed by atoms with Crippen LogP contribution in [0, 0.1) is 11.6 Å². The number of halogens is 3. The normalized spacial score (nSPS) is 11.4. The van der Waals surface area contributed by atoms with Gasteiger partial charge < -0.3 is 10.1 Å². The number of methoxy groups -OCH3 is 1. The standard InChI is InChI=1S/C17H15ClF2N2O5S/c1-22(2)28(25,26)15-6-9(4-5-11(15)18)16(23)21-14-7-10(17(24)27-3)12(19)8-13(14)20/h4-8H,1-3H3,(H,21,23). The highest BCUT2D eigenvalue weighted by molar-refractivity contribution is 7.89. The van der Waals surface area contributed by atoms with E-state index in [1.165, 1.54) is 26.2 Å². The Hall–Kier alpha value is -2.56. The number of benzene rings is 2. The van der Waals surface area contributed by atoms with E-state index in [0.717, 1.165) is 23.5 Å². The summed E-state index contributed by atoms with van der Waals surface area (Å²) in [7, 11) is -0.333. The maximum absolute atomic E-state index is 14.0. The molecule has 2 rings (SSSR count). The highest BCUT2D eigenvalue weighted by Crippen LogP contribution is 2.26. The minimum Gasteiger partial charge on any atom is -0.465 e. The Labute approximate surface area is 164 Å². The zero-order valence-corrected chi connectivity index (χ0v) is 16.5. The Bertz CT molecular complexity index is 1060. The van der Waals surface area contributed by atoms with Gasteiger partial charge in [0.1, 0.15) is 16.5 Å². The molecule has 2 aromatic carbocycles. The predicted octanol–water partition coefficient (Wildman–Crippen LogP) is 2.91. The molecule has 150 valence electrons. The molecule has 0 bridgehead atoms. The maximum atomic E-state index is 14.0. The number of anilines is 1. The fourth-order valence-electron chi connectivity index (χ4n) is 2.14. The van der Waals surface area contributed by atoms with Crippen molar-refractivity contribution in [3.05, 3.63) is 58.1 Å². The fourth-order valence-corrected chi connectivity index (χ4v) is 3.54. The molecule has 0 atom stereocenters. The van der Waals surface area contributed by atoms with E-state index < -0.39 is 44.8 Å². The monoisotopic (exact) mass is 432 g/mol. The summed E-state index contributed by atoms with van der Waals surface area (Å²) >= 11 is 5.91. The number of hydrogen-bond donors (Lipinski definition) is 1. The van der Waals surface area contributed by atoms with Gasteiger partial charge in [-0.05, 0) is 24.3 Å². The smallest absolute Gasteiger partial charge is 0.340 e. The van der Waals surface area contributed by atoms with Crippen molar-refractivity contribution in [3.63, 3.8) is 0 Å². The summed E-state index contributed by atoms with van der Waals surface area (Å²) in [6.45, 7) is 0. The van der Waals surface area contributed by atoms with Crippen LogP contribution in [-0.2, 0) is 14.8 Å². The van der Waals surface area contributed by atoms with Crippen molar-refractivity contribution in [1.82, 2.24) is 4.31 Å². The summed E-state index contributed by atoms with van der Waals surface area (Å²) in [5.74, 6) is -4.24. The summed E-state index contributed by atoms with van der Waals surface area (Å²) in [5, 5.41) is 2.06. The zero-order valence-electron chi connectivity index (χ0n) is 14.9. The van der Waals surface area contributed by atoms with E-state index in [-0.39, 0.29) is 15.5 Å². The number of amides is 1. The Morgan fingerprint density at radius 2 is 1.75 bits per heavy atom. The van der Waals surface area contributed by atoms with Gasteiger partial charge in [0.2, 0.25) is 10.0 Å². The average molecular weight is 433 g/mol. The first kappa shape index (κ1) is 21.7. The predicted molar refractivity (Wildman–Crippen MR) is 98.0 cm³/mol. The number of nitrogens with one attached hydrogen (secondary N) is 1. The second-order valence-electron chi connectivity index (χ2n) is 5.69. The third-order valence-corrected chi connectivity index (χ3v) is 5.96. The van der Waals surface area contributed by atoms with Gasteiger partial charge in [0.15, 0.2) is 0 Å². The van der Waals surface area contributed by atoms with Crippen molar-refractivity contribution >= 4 is 39.2 Å². The van der Waals surface area contributed by atoms with Gasteiger partial charge in [0, 0.05) is 25.7 Å². The summed E-state index contributed by atoms with van der Waals surface area (Å²) in [4.78, 5) is 23.6. The number of hydrogen-bond acceptors (Lipinski definition) is 5. The van der Waals surface area contributed by atoms with E-state index in [4.69, 9.17) is 11.6 Å². The minimum absolute atomic E-state index is 0.105. The van der Waals surface area contributed by atoms with Crippen molar-refractivity contribution in [3.8, 4) is 0 Å². The quantitative estimate of drug-likeness (QED) is 0.733. The van der Waals surface area contributed by atoms with Crippen LogP contribution in [0.4, 0.5) is 14.5 Å². The van der Waals surface area contributed by atoms with E-state index in [1.54, 1.807) is 0 Å². The Morgan fingerprint density at radius 1 is 1.11 bits per heavy atom. The summed E-state index contributed by atoms with van der Waals surface area (Å²) in [6.07, 6.45) is 0. The molecule has 28 heavy (non-hydrogen) atoms. The highest BCUT2D eigenvalue weighted by Gasteiger charge is 2.23. The van der Waals surface area contributed by atoms with Gasteiger partial charge in [-0.3, -0.25) is 4.79 Å². The second kappa shape index (κ2) is 8.21. The molecule has 0 saturated heterocycles. The molecule has 0 radical (unpaired) electrons. The Kier molecular flexibility index (Phi) is 6.37. The molecule has 2 aromatic rings. The molecule has 11 heteroatoms. The van der Waals surface area contributed by atoms with Crippen LogP contribution in [0.3, 0.4) is 0 Å². The van der Waals surface area contributed by atoms with Crippen molar-refractivity contribution in [1.29, 1.82) is 0 Å². The summed E-state index contributed by atoms with van der Waals surface area (Å²) in [5.41, 5.74) is -1.21. The molecule has 0 aliphatic carbocycles. The van der Waals surface area contributed by atoms with Gasteiger partial charge in [-0.2, -0.15) is 0 Å². The molecule has 0 aliphatic heterocycles. The number of carbonyl (C=O) groups excluding carboxylic acids is 2. The number of sulfonamides is 1. The first-order valence-corrected chi connectivity index (χ1v) is 9.41. The molecule has 0 heterocycles. The van der Waals surface area contributed by atoms with E-state index in [0.29, 0.717) is 6.07 Å². The molecule has 0 unspecified atom stereocenters. The fraction of sp³-hybridized carbons (Fsp3) is 0.176. The van der Waals surface area contributed by atoms with Crippen LogP contribution in [0.1, 0.15) is 20.7 Å². The number of esters is 1. The van der Waals surface area contributed by atoms with Gasteiger partial charge in [0.25, 0.3) is 5.91 Å². The molecule has 7 nitrogen and oxygen atoms in total. The largest absolute Gasteiger partial charge is 0.465 e. The van der Waals surface area contributed by atoms with Gasteiger partial charge in [-0.15, -0.1) is 0 Å². The van der Waals surface area contributed by atoms with Crippen molar-refractivity contribution in [2.75, 3.05) is 26.5 Å². The van der Waals surface area contributed by atoms with Gasteiger partial charge >= 0.3 is 5.97 Å². The first-order chi connectivity index (χ1) is 13.0. The molecule has 1 N–H and O–H groups in total. The lowest BCUT2D eigenvalue weighted by Gasteiger charge is -2.14. The van der Waals surface area contributed by atoms with Crippen LogP contribution < -0.4 is 5.32 Å². The second-order valence-corrected chi connectivity index (χ2v) is 8.22. The third kappa shape index (κ3) is 4.29. The first-order valence-electron chi connectivity index (χ1n) is 7.59. The number of carbonyl (C=O) groups is 2. The molecule has 0 spiro atoms. The topological polar surface area (TPSA) is 92.8 Å². The zero-order chi connectivity index (χ0) is 21.2. The van der Waals surface area contributed by atoms with Crippen LogP contribution in [0.15, 0.2) is 35.2 Å². The molecule has 0 aromatic heterocycles. The Morgan fingerprint density at radius 3 is 2.32 bits per heavy atom. The van der Waals surface area contributed by atoms with Crippen LogP contribution in [0.5, 0.6) is 0 Å². The maximum Gasteiger partial charge on any atom is 0.340 e. The van der Waals surface area contributed by atoms with Gasteiger partial charge in [-0.1, -0.05) is 11.6 Å². The molecule has 0 fully saturated rings. The van der Waals surface area contributed by atoms with E-state index >= 15 is 0 Å². The lowest BCUT2D eigenvalue weighted by Crippen LogP contribution is -2.23. The Balaban J connectivity index is 2.43. The highest BCUT2D eigenvalue weighted by atomic mass is 35.5. The number of rotatable bonds is 5. The lowest BCUT2D eigenvalue weighted by molar-refractivity contribution is 0.0595. The van der Waals surface area contributed by atoms with Crippen molar-refractivity contribution in [2.24, 2.45) is 0 Å². The van der Waals surface area contributed by atoms with Crippen LogP contribution in [-0.4, -0.2) is 45.8 Å². The van der Waals surface area contributed by atoms with E-state index in [1.807, 2.05) is 0 Å². The SMILES string of the molecule is COC(=O)c1cc(NC(=O)c2ccc(Cl)c(S(=O)(=O)N(C)C)c2)c(F)cc1F. The third-order valence-electron chi connectivity index (χ3n) is 3.66. The summed E-state index contributed by atoms with van der Waals surface area (Å²) in [6, 6.07) is 4.66. The average Bonchev–Trinajstić information content (AvgIpc) is 2.63. The number of ether oxygens (including phenoxy) is 1. The molecule has 0 saturated carbocycles. The van der Waals surface area contributed by atoms with Gasteiger partial charge in [-0.25, -0.2) is 26.3 Å². The molecular weight excluding hydrogens is 418 g/mol.